The Balaban J connectivity index is 2.44. The average molecular weight is 298 g/mol. The van der Waals surface area contributed by atoms with E-state index in [0.717, 1.165) is 12.5 Å². The number of hydrogen-bond donors (Lipinski definition) is 1. The van der Waals surface area contributed by atoms with E-state index < -0.39 is 0 Å². The number of ether oxygens (including phenoxy) is 1. The molecule has 0 spiro atoms. The van der Waals surface area contributed by atoms with Crippen molar-refractivity contribution in [3.05, 3.63) is 0 Å². The molecule has 0 radical (unpaired) electrons. The summed E-state index contributed by atoms with van der Waals surface area (Å²) < 4.78 is 6.42. The molecule has 1 aliphatic rings. The molecule has 0 bridgehead atoms. The molecular formula is C19H39NO. The summed E-state index contributed by atoms with van der Waals surface area (Å²) in [5, 5.41) is 0. The number of hydrogen-bond acceptors (Lipinski definition) is 2. The van der Waals surface area contributed by atoms with Crippen molar-refractivity contribution in [3.63, 3.8) is 0 Å². The Morgan fingerprint density at radius 1 is 1.14 bits per heavy atom. The second kappa shape index (κ2) is 9.15. The molecule has 1 aliphatic carbocycles. The fourth-order valence-corrected chi connectivity index (χ4v) is 3.64. The van der Waals surface area contributed by atoms with Crippen molar-refractivity contribution < 1.29 is 4.74 Å². The van der Waals surface area contributed by atoms with Gasteiger partial charge in [0.25, 0.3) is 0 Å². The molecular weight excluding hydrogens is 258 g/mol. The minimum atomic E-state index is 0.383. The molecule has 0 aromatic rings. The molecule has 2 nitrogen and oxygen atoms in total. The lowest BCUT2D eigenvalue weighted by atomic mass is 9.68. The molecule has 4 atom stereocenters. The van der Waals surface area contributed by atoms with Gasteiger partial charge in [0, 0.05) is 0 Å². The lowest BCUT2D eigenvalue weighted by molar-refractivity contribution is -0.0766. The predicted octanol–water partition coefficient (Wildman–Crippen LogP) is 5.15. The second-order valence-corrected chi connectivity index (χ2v) is 8.21. The molecule has 1 fully saturated rings. The summed E-state index contributed by atoms with van der Waals surface area (Å²) in [4.78, 5) is 0. The van der Waals surface area contributed by atoms with Gasteiger partial charge in [0.1, 0.15) is 0 Å². The van der Waals surface area contributed by atoms with Crippen molar-refractivity contribution in [2.45, 2.75) is 98.2 Å². The zero-order valence-corrected chi connectivity index (χ0v) is 15.2. The Kier molecular flexibility index (Phi) is 8.26. The Morgan fingerprint density at radius 3 is 2.43 bits per heavy atom. The van der Waals surface area contributed by atoms with Gasteiger partial charge in [0.2, 0.25) is 0 Å². The van der Waals surface area contributed by atoms with E-state index in [1.165, 1.54) is 51.4 Å². The van der Waals surface area contributed by atoms with Gasteiger partial charge in [-0.15, -0.1) is 0 Å². The van der Waals surface area contributed by atoms with E-state index in [2.05, 4.69) is 34.6 Å². The number of nitrogens with two attached hydrogens (primary N) is 1. The Labute approximate surface area is 133 Å². The zero-order chi connectivity index (χ0) is 15.9. The minimum absolute atomic E-state index is 0.383. The van der Waals surface area contributed by atoms with Crippen LogP contribution in [0, 0.1) is 17.3 Å². The first kappa shape index (κ1) is 19.0. The normalized spacial score (nSPS) is 28.6. The van der Waals surface area contributed by atoms with E-state index >= 15 is 0 Å². The molecule has 126 valence electrons. The van der Waals surface area contributed by atoms with Crippen molar-refractivity contribution in [3.8, 4) is 0 Å². The topological polar surface area (TPSA) is 35.2 Å². The van der Waals surface area contributed by atoms with Crippen molar-refractivity contribution >= 4 is 0 Å². The molecule has 2 heteroatoms. The van der Waals surface area contributed by atoms with Crippen molar-refractivity contribution in [1.29, 1.82) is 0 Å². The first-order valence-electron chi connectivity index (χ1n) is 9.24. The highest BCUT2D eigenvalue weighted by Gasteiger charge is 2.36. The van der Waals surface area contributed by atoms with Crippen LogP contribution >= 0.6 is 0 Å². The molecule has 1 saturated carbocycles. The van der Waals surface area contributed by atoms with Crippen LogP contribution in [-0.2, 0) is 4.74 Å². The van der Waals surface area contributed by atoms with Crippen LogP contribution in [0.1, 0.15) is 86.0 Å². The third kappa shape index (κ3) is 6.69. The summed E-state index contributed by atoms with van der Waals surface area (Å²) in [5.74, 6) is 1.35. The maximum atomic E-state index is 6.42. The third-order valence-electron chi connectivity index (χ3n) is 5.33. The molecule has 0 heterocycles. The van der Waals surface area contributed by atoms with Crippen LogP contribution in [0.25, 0.3) is 0 Å². The van der Waals surface area contributed by atoms with Gasteiger partial charge in [0.05, 0.1) is 12.2 Å². The van der Waals surface area contributed by atoms with Gasteiger partial charge in [-0.3, -0.25) is 0 Å². The highest BCUT2D eigenvalue weighted by Crippen LogP contribution is 2.41. The summed E-state index contributed by atoms with van der Waals surface area (Å²) in [7, 11) is 0. The predicted molar refractivity (Wildman–Crippen MR) is 92.4 cm³/mol. The van der Waals surface area contributed by atoms with Crippen LogP contribution < -0.4 is 5.73 Å². The van der Waals surface area contributed by atoms with E-state index in [0.29, 0.717) is 23.5 Å². The van der Waals surface area contributed by atoms with Gasteiger partial charge in [-0.2, -0.15) is 0 Å². The summed E-state index contributed by atoms with van der Waals surface area (Å²) >= 11 is 0. The Bertz CT molecular complexity index is 271. The third-order valence-corrected chi connectivity index (χ3v) is 5.33. The fourth-order valence-electron chi connectivity index (χ4n) is 3.64. The molecule has 0 saturated heterocycles. The summed E-state index contributed by atoms with van der Waals surface area (Å²) in [6, 6.07) is 0. The molecule has 21 heavy (non-hydrogen) atoms. The standard InChI is InChI=1S/C19H39NO/c1-6-7-8-9-10-15(2)21-18-13-17(19(3,4)5)12-11-16(18)14-20/h15-18H,6-14,20H2,1-5H3. The van der Waals surface area contributed by atoms with Gasteiger partial charge in [-0.05, 0) is 56.4 Å². The van der Waals surface area contributed by atoms with Crippen LogP contribution in [0.3, 0.4) is 0 Å². The van der Waals surface area contributed by atoms with Crippen molar-refractivity contribution in [2.75, 3.05) is 6.54 Å². The SMILES string of the molecule is CCCCCCC(C)OC1CC(C(C)(C)C)CCC1CN. The lowest BCUT2D eigenvalue weighted by Crippen LogP contribution is -2.41. The van der Waals surface area contributed by atoms with Gasteiger partial charge < -0.3 is 10.5 Å². The van der Waals surface area contributed by atoms with E-state index in [-0.39, 0.29) is 0 Å². The summed E-state index contributed by atoms with van der Waals surface area (Å²) in [6.07, 6.45) is 11.0. The van der Waals surface area contributed by atoms with Crippen LogP contribution in [0.2, 0.25) is 0 Å². The maximum Gasteiger partial charge on any atom is 0.0621 e. The Morgan fingerprint density at radius 2 is 1.86 bits per heavy atom. The molecule has 0 aromatic heterocycles. The van der Waals surface area contributed by atoms with Crippen LogP contribution in [-0.4, -0.2) is 18.8 Å². The van der Waals surface area contributed by atoms with Crippen LogP contribution in [0.15, 0.2) is 0 Å². The highest BCUT2D eigenvalue weighted by molar-refractivity contribution is 4.87. The fraction of sp³-hybridized carbons (Fsp3) is 1.00. The van der Waals surface area contributed by atoms with E-state index in [1.807, 2.05) is 0 Å². The van der Waals surface area contributed by atoms with Crippen molar-refractivity contribution in [1.82, 2.24) is 0 Å². The van der Waals surface area contributed by atoms with E-state index in [9.17, 15) is 0 Å². The summed E-state index contributed by atoms with van der Waals surface area (Å²) in [6.45, 7) is 12.4. The minimum Gasteiger partial charge on any atom is -0.375 e. The monoisotopic (exact) mass is 297 g/mol. The first-order valence-corrected chi connectivity index (χ1v) is 9.24. The molecule has 4 unspecified atom stereocenters. The summed E-state index contributed by atoms with van der Waals surface area (Å²) in [5.41, 5.74) is 6.38. The van der Waals surface area contributed by atoms with Gasteiger partial charge >= 0.3 is 0 Å². The maximum absolute atomic E-state index is 6.42. The Hall–Kier alpha value is -0.0800. The quantitative estimate of drug-likeness (QED) is 0.629. The second-order valence-electron chi connectivity index (χ2n) is 8.21. The zero-order valence-electron chi connectivity index (χ0n) is 15.2. The van der Waals surface area contributed by atoms with Gasteiger partial charge in [0.15, 0.2) is 0 Å². The number of rotatable bonds is 8. The first-order chi connectivity index (χ1) is 9.88. The van der Waals surface area contributed by atoms with Gasteiger partial charge in [-0.1, -0.05) is 53.4 Å². The molecule has 1 rings (SSSR count). The molecule has 2 N–H and O–H groups in total. The largest absolute Gasteiger partial charge is 0.375 e. The van der Waals surface area contributed by atoms with Crippen molar-refractivity contribution in [2.24, 2.45) is 23.0 Å². The molecule has 0 aromatic carbocycles. The lowest BCUT2D eigenvalue weighted by Gasteiger charge is -2.42. The van der Waals surface area contributed by atoms with Gasteiger partial charge in [-0.25, -0.2) is 0 Å². The average Bonchev–Trinajstić information content (AvgIpc) is 2.42. The van der Waals surface area contributed by atoms with E-state index in [1.54, 1.807) is 0 Å². The smallest absolute Gasteiger partial charge is 0.0621 e. The molecule has 0 amide bonds. The van der Waals surface area contributed by atoms with Crippen LogP contribution in [0.4, 0.5) is 0 Å². The van der Waals surface area contributed by atoms with Crippen LogP contribution in [0.5, 0.6) is 0 Å². The molecule has 0 aliphatic heterocycles. The highest BCUT2D eigenvalue weighted by atomic mass is 16.5. The number of unbranched alkanes of at least 4 members (excludes halogenated alkanes) is 3. The van der Waals surface area contributed by atoms with E-state index in [4.69, 9.17) is 10.5 Å².